The molecule has 0 unspecified atom stereocenters. The Morgan fingerprint density at radius 3 is 2.88 bits per heavy atom. The van der Waals surface area contributed by atoms with Gasteiger partial charge in [0, 0.05) is 23.3 Å². The summed E-state index contributed by atoms with van der Waals surface area (Å²) in [5, 5.41) is 4.31. The number of nitrogens with one attached hydrogen (secondary N) is 1. The van der Waals surface area contributed by atoms with Gasteiger partial charge in [-0.2, -0.15) is 0 Å². The van der Waals surface area contributed by atoms with Crippen molar-refractivity contribution >= 4 is 17.3 Å². The molecule has 2 aliphatic rings. The van der Waals surface area contributed by atoms with Crippen molar-refractivity contribution in [1.29, 1.82) is 0 Å². The largest absolute Gasteiger partial charge is 0.368 e. The number of hydrogen-bond acceptors (Lipinski definition) is 2. The van der Waals surface area contributed by atoms with Gasteiger partial charge >= 0.3 is 0 Å². The van der Waals surface area contributed by atoms with Crippen LogP contribution in [0.15, 0.2) is 18.2 Å². The van der Waals surface area contributed by atoms with E-state index < -0.39 is 0 Å². The second-order valence-corrected chi connectivity index (χ2v) is 5.49. The number of nitrogens with zero attached hydrogens (tertiary/aromatic N) is 1. The number of hydrogen-bond donors (Lipinski definition) is 1. The molecule has 1 fully saturated rings. The molecule has 0 saturated carbocycles. The quantitative estimate of drug-likeness (QED) is 0.825. The summed E-state index contributed by atoms with van der Waals surface area (Å²) in [5.74, 6) is 0. The van der Waals surface area contributed by atoms with Crippen LogP contribution in [0.3, 0.4) is 0 Å². The van der Waals surface area contributed by atoms with E-state index >= 15 is 0 Å². The fourth-order valence-electron chi connectivity index (χ4n) is 3.09. The third kappa shape index (κ3) is 2.29. The molecular weight excluding hydrogens is 232 g/mol. The summed E-state index contributed by atoms with van der Waals surface area (Å²) in [6, 6.07) is 7.10. The van der Waals surface area contributed by atoms with Crippen LogP contribution in [0, 0.1) is 0 Å². The highest BCUT2D eigenvalue weighted by Crippen LogP contribution is 2.32. The highest BCUT2D eigenvalue weighted by atomic mass is 35.5. The van der Waals surface area contributed by atoms with Crippen molar-refractivity contribution in [2.75, 3.05) is 24.5 Å². The molecule has 0 amide bonds. The fourth-order valence-corrected chi connectivity index (χ4v) is 3.29. The topological polar surface area (TPSA) is 15.3 Å². The molecule has 17 heavy (non-hydrogen) atoms. The van der Waals surface area contributed by atoms with Crippen LogP contribution in [0.4, 0.5) is 5.69 Å². The Morgan fingerprint density at radius 1 is 1.24 bits per heavy atom. The van der Waals surface area contributed by atoms with E-state index in [0.29, 0.717) is 0 Å². The first-order valence-electron chi connectivity index (χ1n) is 6.60. The second kappa shape index (κ2) is 4.87. The Balaban J connectivity index is 1.88. The highest BCUT2D eigenvalue weighted by Gasteiger charge is 2.25. The van der Waals surface area contributed by atoms with Gasteiger partial charge in [-0.25, -0.2) is 0 Å². The van der Waals surface area contributed by atoms with Gasteiger partial charge in [-0.1, -0.05) is 11.6 Å². The van der Waals surface area contributed by atoms with Gasteiger partial charge in [-0.3, -0.25) is 0 Å². The van der Waals surface area contributed by atoms with Crippen LogP contribution < -0.4 is 10.2 Å². The maximum atomic E-state index is 6.08. The first-order chi connectivity index (χ1) is 8.34. The van der Waals surface area contributed by atoms with Gasteiger partial charge in [0.2, 0.25) is 0 Å². The van der Waals surface area contributed by atoms with Gasteiger partial charge in [-0.05, 0) is 62.5 Å². The normalized spacial score (nSPS) is 21.4. The van der Waals surface area contributed by atoms with E-state index in [1.807, 2.05) is 6.07 Å². The number of halogens is 1. The molecule has 3 heteroatoms. The minimum atomic E-state index is 0.719. The van der Waals surface area contributed by atoms with Crippen molar-refractivity contribution in [3.63, 3.8) is 0 Å². The van der Waals surface area contributed by atoms with Crippen LogP contribution in [0.25, 0.3) is 0 Å². The van der Waals surface area contributed by atoms with Crippen LogP contribution in [0.2, 0.25) is 5.02 Å². The number of anilines is 1. The van der Waals surface area contributed by atoms with E-state index in [1.165, 1.54) is 43.5 Å². The van der Waals surface area contributed by atoms with Crippen LogP contribution >= 0.6 is 11.6 Å². The zero-order valence-electron chi connectivity index (χ0n) is 10.1. The van der Waals surface area contributed by atoms with Gasteiger partial charge in [0.15, 0.2) is 0 Å². The summed E-state index contributed by atoms with van der Waals surface area (Å²) in [6.45, 7) is 3.52. The third-order valence-corrected chi connectivity index (χ3v) is 4.18. The molecule has 1 aromatic rings. The van der Waals surface area contributed by atoms with Crippen molar-refractivity contribution in [2.45, 2.75) is 31.7 Å². The van der Waals surface area contributed by atoms with E-state index in [1.54, 1.807) is 0 Å². The molecule has 0 aliphatic carbocycles. The molecule has 92 valence electrons. The Bertz CT molecular complexity index is 399. The summed E-state index contributed by atoms with van der Waals surface area (Å²) in [4.78, 5) is 2.61. The monoisotopic (exact) mass is 250 g/mol. The molecule has 2 nitrogen and oxygen atoms in total. The van der Waals surface area contributed by atoms with Gasteiger partial charge < -0.3 is 10.2 Å². The standard InChI is InChI=1S/C14H19ClN2/c15-12-3-4-14-11(10-12)2-1-9-17(14)13-5-7-16-8-6-13/h3-4,10,13,16H,1-2,5-9H2. The zero-order chi connectivity index (χ0) is 11.7. The molecule has 0 aromatic heterocycles. The zero-order valence-corrected chi connectivity index (χ0v) is 10.8. The van der Waals surface area contributed by atoms with Gasteiger partial charge in [0.25, 0.3) is 0 Å². The van der Waals surface area contributed by atoms with Gasteiger partial charge in [0.1, 0.15) is 0 Å². The van der Waals surface area contributed by atoms with Crippen molar-refractivity contribution in [2.24, 2.45) is 0 Å². The molecule has 2 heterocycles. The maximum Gasteiger partial charge on any atom is 0.0410 e. The second-order valence-electron chi connectivity index (χ2n) is 5.05. The first-order valence-corrected chi connectivity index (χ1v) is 6.98. The molecule has 3 rings (SSSR count). The number of rotatable bonds is 1. The Kier molecular flexibility index (Phi) is 3.26. The molecule has 0 spiro atoms. The molecule has 2 aliphatic heterocycles. The number of benzene rings is 1. The van der Waals surface area contributed by atoms with Crippen molar-refractivity contribution in [3.05, 3.63) is 28.8 Å². The molecule has 1 N–H and O–H groups in total. The number of aryl methyl sites for hydroxylation is 1. The molecule has 1 aromatic carbocycles. The minimum absolute atomic E-state index is 0.719. The Labute approximate surface area is 108 Å². The lowest BCUT2D eigenvalue weighted by atomic mass is 9.96. The minimum Gasteiger partial charge on any atom is -0.368 e. The van der Waals surface area contributed by atoms with E-state index in [4.69, 9.17) is 11.6 Å². The molecule has 0 radical (unpaired) electrons. The highest BCUT2D eigenvalue weighted by molar-refractivity contribution is 6.30. The number of fused-ring (bicyclic) bond motifs is 1. The van der Waals surface area contributed by atoms with Gasteiger partial charge in [0.05, 0.1) is 0 Å². The van der Waals surface area contributed by atoms with E-state index in [2.05, 4.69) is 22.3 Å². The lowest BCUT2D eigenvalue weighted by molar-refractivity contribution is 0.422. The van der Waals surface area contributed by atoms with Crippen LogP contribution in [-0.2, 0) is 6.42 Å². The van der Waals surface area contributed by atoms with Crippen LogP contribution in [0.5, 0.6) is 0 Å². The summed E-state index contributed by atoms with van der Waals surface area (Å²) in [6.07, 6.45) is 4.97. The average molecular weight is 251 g/mol. The first kappa shape index (κ1) is 11.4. The van der Waals surface area contributed by atoms with E-state index in [-0.39, 0.29) is 0 Å². The molecule has 0 bridgehead atoms. The summed E-state index contributed by atoms with van der Waals surface area (Å²) in [7, 11) is 0. The third-order valence-electron chi connectivity index (χ3n) is 3.95. The number of piperidine rings is 1. The predicted molar refractivity (Wildman–Crippen MR) is 73.0 cm³/mol. The van der Waals surface area contributed by atoms with Crippen LogP contribution in [0.1, 0.15) is 24.8 Å². The Morgan fingerprint density at radius 2 is 2.06 bits per heavy atom. The summed E-state index contributed by atoms with van der Waals surface area (Å²) >= 11 is 6.08. The Hall–Kier alpha value is -0.730. The SMILES string of the molecule is Clc1ccc2c(c1)CCCN2C1CCNCC1. The van der Waals surface area contributed by atoms with E-state index in [0.717, 1.165) is 24.2 Å². The predicted octanol–water partition coefficient (Wildman–Crippen LogP) is 2.84. The lowest BCUT2D eigenvalue weighted by Gasteiger charge is -2.40. The van der Waals surface area contributed by atoms with E-state index in [9.17, 15) is 0 Å². The molecular formula is C14H19ClN2. The van der Waals surface area contributed by atoms with Crippen molar-refractivity contribution in [1.82, 2.24) is 5.32 Å². The summed E-state index contributed by atoms with van der Waals surface area (Å²) in [5.41, 5.74) is 2.86. The fraction of sp³-hybridized carbons (Fsp3) is 0.571. The lowest BCUT2D eigenvalue weighted by Crippen LogP contribution is -2.45. The smallest absolute Gasteiger partial charge is 0.0410 e. The average Bonchev–Trinajstić information content (AvgIpc) is 2.39. The maximum absolute atomic E-state index is 6.08. The summed E-state index contributed by atoms with van der Waals surface area (Å²) < 4.78 is 0. The molecule has 0 atom stereocenters. The van der Waals surface area contributed by atoms with Crippen molar-refractivity contribution < 1.29 is 0 Å². The molecule has 1 saturated heterocycles. The van der Waals surface area contributed by atoms with Crippen LogP contribution in [-0.4, -0.2) is 25.7 Å². The van der Waals surface area contributed by atoms with Gasteiger partial charge in [-0.15, -0.1) is 0 Å². The van der Waals surface area contributed by atoms with Crippen molar-refractivity contribution in [3.8, 4) is 0 Å².